The van der Waals surface area contributed by atoms with E-state index < -0.39 is 23.4 Å². The zero-order chi connectivity index (χ0) is 17.7. The smallest absolute Gasteiger partial charge is 0.338 e. The SMILES string of the molecule is O=C(COC(=O)c1ccc([N+](=O)[O-])cc1)Nc1ccc(Cl)cc1O. The molecule has 0 aliphatic carbocycles. The second-order valence-corrected chi connectivity index (χ2v) is 5.03. The number of non-ortho nitro benzene ring substituents is 1. The van der Waals surface area contributed by atoms with Gasteiger partial charge in [-0.15, -0.1) is 0 Å². The molecule has 2 N–H and O–H groups in total. The van der Waals surface area contributed by atoms with E-state index in [-0.39, 0.29) is 22.7 Å². The fourth-order valence-electron chi connectivity index (χ4n) is 1.73. The van der Waals surface area contributed by atoms with Crippen LogP contribution in [0, 0.1) is 10.1 Å². The highest BCUT2D eigenvalue weighted by atomic mass is 35.5. The zero-order valence-electron chi connectivity index (χ0n) is 12.1. The summed E-state index contributed by atoms with van der Waals surface area (Å²) in [6, 6.07) is 8.88. The van der Waals surface area contributed by atoms with Crippen LogP contribution < -0.4 is 5.32 Å². The molecule has 0 saturated heterocycles. The molecular weight excluding hydrogens is 340 g/mol. The number of phenolic OH excluding ortho intramolecular Hbond substituents is 1. The average Bonchev–Trinajstić information content (AvgIpc) is 2.55. The van der Waals surface area contributed by atoms with Crippen molar-refractivity contribution in [2.24, 2.45) is 0 Å². The molecule has 0 fully saturated rings. The molecule has 0 heterocycles. The van der Waals surface area contributed by atoms with Crippen LogP contribution in [0.3, 0.4) is 0 Å². The van der Waals surface area contributed by atoms with Crippen LogP contribution in [0.25, 0.3) is 0 Å². The first kappa shape index (κ1) is 17.2. The van der Waals surface area contributed by atoms with Gasteiger partial charge in [-0.25, -0.2) is 4.79 Å². The van der Waals surface area contributed by atoms with E-state index >= 15 is 0 Å². The number of nitro groups is 1. The largest absolute Gasteiger partial charge is 0.506 e. The van der Waals surface area contributed by atoms with E-state index in [0.29, 0.717) is 5.02 Å². The minimum absolute atomic E-state index is 0.0720. The van der Waals surface area contributed by atoms with Crippen molar-refractivity contribution in [1.29, 1.82) is 0 Å². The Labute approximate surface area is 140 Å². The van der Waals surface area contributed by atoms with E-state index in [0.717, 1.165) is 12.1 Å². The number of phenols is 1. The second kappa shape index (κ2) is 7.42. The molecule has 2 aromatic rings. The van der Waals surface area contributed by atoms with E-state index in [2.05, 4.69) is 5.32 Å². The van der Waals surface area contributed by atoms with Crippen LogP contribution in [0.4, 0.5) is 11.4 Å². The van der Waals surface area contributed by atoms with Crippen LogP contribution in [0.1, 0.15) is 10.4 Å². The van der Waals surface area contributed by atoms with Gasteiger partial charge in [0, 0.05) is 23.2 Å². The Kier molecular flexibility index (Phi) is 5.33. The molecule has 0 saturated carbocycles. The third-order valence-corrected chi connectivity index (χ3v) is 3.12. The van der Waals surface area contributed by atoms with Crippen LogP contribution in [0.5, 0.6) is 5.75 Å². The summed E-state index contributed by atoms with van der Waals surface area (Å²) in [4.78, 5) is 33.4. The summed E-state index contributed by atoms with van der Waals surface area (Å²) in [6.07, 6.45) is 0. The molecule has 0 aliphatic heterocycles. The van der Waals surface area contributed by atoms with Gasteiger partial charge in [0.1, 0.15) is 5.75 Å². The lowest BCUT2D eigenvalue weighted by Gasteiger charge is -2.08. The topological polar surface area (TPSA) is 119 Å². The molecule has 0 aromatic heterocycles. The quantitative estimate of drug-likeness (QED) is 0.370. The Morgan fingerprint density at radius 3 is 2.46 bits per heavy atom. The van der Waals surface area contributed by atoms with E-state index in [1.165, 1.54) is 30.3 Å². The third-order valence-electron chi connectivity index (χ3n) is 2.88. The van der Waals surface area contributed by atoms with Gasteiger partial charge in [-0.05, 0) is 24.3 Å². The van der Waals surface area contributed by atoms with Crippen LogP contribution in [-0.2, 0) is 9.53 Å². The Morgan fingerprint density at radius 1 is 1.21 bits per heavy atom. The highest BCUT2D eigenvalue weighted by molar-refractivity contribution is 6.30. The van der Waals surface area contributed by atoms with Crippen molar-refractivity contribution in [3.63, 3.8) is 0 Å². The molecule has 0 radical (unpaired) electrons. The lowest BCUT2D eigenvalue weighted by molar-refractivity contribution is -0.384. The monoisotopic (exact) mass is 350 g/mol. The maximum Gasteiger partial charge on any atom is 0.338 e. The maximum atomic E-state index is 11.8. The van der Waals surface area contributed by atoms with Gasteiger partial charge in [0.2, 0.25) is 0 Å². The van der Waals surface area contributed by atoms with E-state index in [1.54, 1.807) is 0 Å². The number of carbonyl (C=O) groups excluding carboxylic acids is 2. The highest BCUT2D eigenvalue weighted by Gasteiger charge is 2.13. The number of rotatable bonds is 5. The van der Waals surface area contributed by atoms with Crippen molar-refractivity contribution in [2.75, 3.05) is 11.9 Å². The number of nitrogens with zero attached hydrogens (tertiary/aromatic N) is 1. The van der Waals surface area contributed by atoms with Crippen LogP contribution in [0.2, 0.25) is 5.02 Å². The Balaban J connectivity index is 1.91. The molecular formula is C15H11ClN2O6. The van der Waals surface area contributed by atoms with Crippen LogP contribution in [-0.4, -0.2) is 28.5 Å². The standard InChI is InChI=1S/C15H11ClN2O6/c16-10-3-6-12(13(19)7-10)17-14(20)8-24-15(21)9-1-4-11(5-2-9)18(22)23/h1-7,19H,8H2,(H,17,20). The van der Waals surface area contributed by atoms with Crippen molar-refractivity contribution < 1.29 is 24.4 Å². The second-order valence-electron chi connectivity index (χ2n) is 4.59. The highest BCUT2D eigenvalue weighted by Crippen LogP contribution is 2.26. The number of nitro benzene ring substituents is 1. The summed E-state index contributed by atoms with van der Waals surface area (Å²) in [5.74, 6) is -1.69. The Hall–Kier alpha value is -3.13. The lowest BCUT2D eigenvalue weighted by Crippen LogP contribution is -2.21. The number of aromatic hydroxyl groups is 1. The average molecular weight is 351 g/mol. The molecule has 24 heavy (non-hydrogen) atoms. The number of ether oxygens (including phenoxy) is 1. The third kappa shape index (κ3) is 4.43. The molecule has 0 atom stereocenters. The minimum atomic E-state index is -0.805. The summed E-state index contributed by atoms with van der Waals surface area (Å²) in [5.41, 5.74) is 0.0287. The molecule has 8 nitrogen and oxygen atoms in total. The first-order valence-corrected chi connectivity index (χ1v) is 6.94. The van der Waals surface area contributed by atoms with Crippen LogP contribution in [0.15, 0.2) is 42.5 Å². The minimum Gasteiger partial charge on any atom is -0.506 e. The van der Waals surface area contributed by atoms with Crippen molar-refractivity contribution >= 4 is 34.9 Å². The summed E-state index contributed by atoms with van der Waals surface area (Å²) in [6.45, 7) is -0.585. The number of esters is 1. The first-order chi connectivity index (χ1) is 11.4. The number of halogens is 1. The Bertz CT molecular complexity index is 791. The molecule has 2 rings (SSSR count). The van der Waals surface area contributed by atoms with Gasteiger partial charge >= 0.3 is 5.97 Å². The van der Waals surface area contributed by atoms with Crippen LogP contribution >= 0.6 is 11.6 Å². The zero-order valence-corrected chi connectivity index (χ0v) is 12.8. The summed E-state index contributed by atoms with van der Waals surface area (Å²) in [5, 5.41) is 22.8. The number of hydrogen-bond acceptors (Lipinski definition) is 6. The summed E-state index contributed by atoms with van der Waals surface area (Å²) in [7, 11) is 0. The normalized spacial score (nSPS) is 10.0. The van der Waals surface area contributed by atoms with E-state index in [4.69, 9.17) is 16.3 Å². The van der Waals surface area contributed by atoms with Crippen molar-refractivity contribution in [2.45, 2.75) is 0 Å². The number of nitrogens with one attached hydrogen (secondary N) is 1. The van der Waals surface area contributed by atoms with Gasteiger partial charge in [0.05, 0.1) is 16.2 Å². The van der Waals surface area contributed by atoms with Gasteiger partial charge in [-0.3, -0.25) is 14.9 Å². The summed E-state index contributed by atoms with van der Waals surface area (Å²) < 4.78 is 4.80. The first-order valence-electron chi connectivity index (χ1n) is 6.57. The summed E-state index contributed by atoms with van der Waals surface area (Å²) >= 11 is 5.67. The van der Waals surface area contributed by atoms with Crippen molar-refractivity contribution in [1.82, 2.24) is 0 Å². The van der Waals surface area contributed by atoms with Gasteiger partial charge < -0.3 is 15.2 Å². The molecule has 9 heteroatoms. The fraction of sp³-hybridized carbons (Fsp3) is 0.0667. The Morgan fingerprint density at radius 2 is 1.88 bits per heavy atom. The number of amides is 1. The molecule has 0 unspecified atom stereocenters. The van der Waals surface area contributed by atoms with Gasteiger partial charge in [-0.2, -0.15) is 0 Å². The van der Waals surface area contributed by atoms with Gasteiger partial charge in [0.25, 0.3) is 11.6 Å². The molecule has 124 valence electrons. The van der Waals surface area contributed by atoms with Gasteiger partial charge in [0.15, 0.2) is 6.61 Å². The van der Waals surface area contributed by atoms with E-state index in [9.17, 15) is 24.8 Å². The number of carbonyl (C=O) groups is 2. The van der Waals surface area contributed by atoms with E-state index in [1.807, 2.05) is 0 Å². The molecule has 0 spiro atoms. The molecule has 0 bridgehead atoms. The molecule has 1 amide bonds. The lowest BCUT2D eigenvalue weighted by atomic mass is 10.2. The van der Waals surface area contributed by atoms with Crippen molar-refractivity contribution in [3.05, 3.63) is 63.2 Å². The number of anilines is 1. The van der Waals surface area contributed by atoms with Gasteiger partial charge in [-0.1, -0.05) is 11.6 Å². The maximum absolute atomic E-state index is 11.8. The predicted octanol–water partition coefficient (Wildman–Crippen LogP) is 2.75. The molecule has 0 aliphatic rings. The van der Waals surface area contributed by atoms with Crippen molar-refractivity contribution in [3.8, 4) is 5.75 Å². The number of benzene rings is 2. The fourth-order valence-corrected chi connectivity index (χ4v) is 1.90. The predicted molar refractivity (Wildman–Crippen MR) is 85.1 cm³/mol. The number of hydrogen-bond donors (Lipinski definition) is 2. The molecule has 2 aromatic carbocycles.